The summed E-state index contributed by atoms with van der Waals surface area (Å²) in [6, 6.07) is 3.76. The Morgan fingerprint density at radius 1 is 1.27 bits per heavy atom. The van der Waals surface area contributed by atoms with E-state index in [0.717, 1.165) is 0 Å². The normalized spacial score (nSPS) is 24.2. The van der Waals surface area contributed by atoms with E-state index in [-0.39, 0.29) is 11.1 Å². The Morgan fingerprint density at radius 3 is 2.32 bits per heavy atom. The van der Waals surface area contributed by atoms with Crippen molar-refractivity contribution in [3.8, 4) is 0 Å². The number of carbonyl (C=O) groups is 2. The van der Waals surface area contributed by atoms with Gasteiger partial charge in [0.1, 0.15) is 17.3 Å². The maximum Gasteiger partial charge on any atom is 0.334 e. The standard InChI is InChI=1S/C15H13FN2O4/c1-15(14(21)22)7-6-10(8-2-4-9(16)5-3-8)11(13(19)20)12(15)18-17/h2-7,12,17H,1H3,(H,19,20)(H,21,22). The van der Waals surface area contributed by atoms with E-state index in [1.54, 1.807) is 0 Å². The van der Waals surface area contributed by atoms with Crippen molar-refractivity contribution < 1.29 is 24.2 Å². The Labute approximate surface area is 125 Å². The Morgan fingerprint density at radius 2 is 1.86 bits per heavy atom. The molecule has 1 aromatic rings. The first-order chi connectivity index (χ1) is 10.3. The second-order valence-corrected chi connectivity index (χ2v) is 5.09. The minimum absolute atomic E-state index is 0.215. The summed E-state index contributed by atoms with van der Waals surface area (Å²) in [5.74, 6) is -3.11. The molecule has 0 bridgehead atoms. The lowest BCUT2D eigenvalue weighted by Crippen LogP contribution is -2.42. The van der Waals surface area contributed by atoms with Gasteiger partial charge in [0.05, 0.1) is 5.57 Å². The Bertz CT molecular complexity index is 709. The number of allylic oxidation sites excluding steroid dienone is 2. The average Bonchev–Trinajstić information content (AvgIpc) is 2.47. The second-order valence-electron chi connectivity index (χ2n) is 5.09. The molecule has 2 atom stereocenters. The van der Waals surface area contributed by atoms with Gasteiger partial charge in [-0.2, -0.15) is 5.11 Å². The fourth-order valence-corrected chi connectivity index (χ4v) is 2.38. The highest BCUT2D eigenvalue weighted by Gasteiger charge is 2.47. The number of benzene rings is 1. The summed E-state index contributed by atoms with van der Waals surface area (Å²) < 4.78 is 13.0. The Kier molecular flexibility index (Phi) is 3.90. The molecule has 0 amide bonds. The molecular formula is C15H13FN2O4. The highest BCUT2D eigenvalue weighted by Crippen LogP contribution is 2.40. The lowest BCUT2D eigenvalue weighted by molar-refractivity contribution is -0.146. The number of nitrogens with one attached hydrogen (secondary N) is 1. The van der Waals surface area contributed by atoms with E-state index in [2.05, 4.69) is 5.11 Å². The summed E-state index contributed by atoms with van der Waals surface area (Å²) in [5, 5.41) is 22.0. The topological polar surface area (TPSA) is 111 Å². The molecule has 1 aromatic carbocycles. The predicted molar refractivity (Wildman–Crippen MR) is 74.8 cm³/mol. The molecule has 0 aliphatic heterocycles. The highest BCUT2D eigenvalue weighted by atomic mass is 19.1. The van der Waals surface area contributed by atoms with Crippen molar-refractivity contribution in [3.05, 3.63) is 53.4 Å². The summed E-state index contributed by atoms with van der Waals surface area (Å²) in [6.45, 7) is 1.30. The summed E-state index contributed by atoms with van der Waals surface area (Å²) in [5.41, 5.74) is 5.93. The predicted octanol–water partition coefficient (Wildman–Crippen LogP) is 2.72. The van der Waals surface area contributed by atoms with Gasteiger partial charge in [0, 0.05) is 0 Å². The van der Waals surface area contributed by atoms with Crippen molar-refractivity contribution in [2.75, 3.05) is 0 Å². The van der Waals surface area contributed by atoms with Crippen molar-refractivity contribution in [1.82, 2.24) is 0 Å². The minimum Gasteiger partial charge on any atom is -0.481 e. The molecule has 0 saturated carbocycles. The van der Waals surface area contributed by atoms with Crippen molar-refractivity contribution in [1.29, 1.82) is 5.53 Å². The van der Waals surface area contributed by atoms with Crippen LogP contribution in [0.1, 0.15) is 12.5 Å². The van der Waals surface area contributed by atoms with Crippen LogP contribution in [-0.4, -0.2) is 28.2 Å². The molecule has 1 aliphatic rings. The molecule has 0 heterocycles. The molecule has 0 saturated heterocycles. The molecule has 6 nitrogen and oxygen atoms in total. The highest BCUT2D eigenvalue weighted by molar-refractivity contribution is 6.03. The van der Waals surface area contributed by atoms with Crippen LogP contribution in [0.3, 0.4) is 0 Å². The molecule has 0 fully saturated rings. The summed E-state index contributed by atoms with van der Waals surface area (Å²) in [4.78, 5) is 23.0. The van der Waals surface area contributed by atoms with Crippen LogP contribution >= 0.6 is 0 Å². The number of aliphatic carboxylic acids is 2. The number of hydrogen-bond acceptors (Lipinski definition) is 4. The van der Waals surface area contributed by atoms with E-state index in [1.165, 1.54) is 43.3 Å². The van der Waals surface area contributed by atoms with Crippen LogP contribution in [0.25, 0.3) is 5.57 Å². The summed E-state index contributed by atoms with van der Waals surface area (Å²) in [7, 11) is 0. The Hall–Kier alpha value is -2.83. The van der Waals surface area contributed by atoms with Gasteiger partial charge in [0.2, 0.25) is 0 Å². The fourth-order valence-electron chi connectivity index (χ4n) is 2.38. The first-order valence-corrected chi connectivity index (χ1v) is 6.34. The van der Waals surface area contributed by atoms with Gasteiger partial charge >= 0.3 is 11.9 Å². The molecule has 3 N–H and O–H groups in total. The van der Waals surface area contributed by atoms with E-state index < -0.39 is 29.2 Å². The number of carboxylic acids is 2. The molecule has 2 unspecified atom stereocenters. The van der Waals surface area contributed by atoms with Crippen LogP contribution in [0.4, 0.5) is 4.39 Å². The molecule has 0 radical (unpaired) electrons. The van der Waals surface area contributed by atoms with Gasteiger partial charge < -0.3 is 10.2 Å². The van der Waals surface area contributed by atoms with Crippen molar-refractivity contribution in [2.24, 2.45) is 10.5 Å². The van der Waals surface area contributed by atoms with Crippen LogP contribution in [0.15, 0.2) is 47.1 Å². The third-order valence-corrected chi connectivity index (χ3v) is 3.70. The minimum atomic E-state index is -1.63. The third-order valence-electron chi connectivity index (χ3n) is 3.70. The lowest BCUT2D eigenvalue weighted by Gasteiger charge is -2.32. The van der Waals surface area contributed by atoms with Crippen LogP contribution in [0.2, 0.25) is 0 Å². The molecule has 0 spiro atoms. The van der Waals surface area contributed by atoms with Gasteiger partial charge in [-0.3, -0.25) is 4.79 Å². The smallest absolute Gasteiger partial charge is 0.334 e. The lowest BCUT2D eigenvalue weighted by atomic mass is 9.72. The van der Waals surface area contributed by atoms with Gasteiger partial charge in [-0.15, -0.1) is 0 Å². The molecule has 22 heavy (non-hydrogen) atoms. The van der Waals surface area contributed by atoms with E-state index >= 15 is 0 Å². The van der Waals surface area contributed by atoms with Gasteiger partial charge in [-0.25, -0.2) is 14.7 Å². The van der Waals surface area contributed by atoms with Crippen molar-refractivity contribution in [3.63, 3.8) is 0 Å². The van der Waals surface area contributed by atoms with E-state index in [4.69, 9.17) is 5.53 Å². The number of nitrogens with zero attached hydrogens (tertiary/aromatic N) is 1. The van der Waals surface area contributed by atoms with E-state index in [1.807, 2.05) is 0 Å². The molecule has 7 heteroatoms. The zero-order valence-corrected chi connectivity index (χ0v) is 11.6. The van der Waals surface area contributed by atoms with Gasteiger partial charge in [-0.1, -0.05) is 24.3 Å². The molecular weight excluding hydrogens is 291 g/mol. The third kappa shape index (κ3) is 2.41. The molecule has 114 valence electrons. The van der Waals surface area contributed by atoms with E-state index in [9.17, 15) is 24.2 Å². The zero-order chi connectivity index (χ0) is 16.5. The quantitative estimate of drug-likeness (QED) is 0.742. The average molecular weight is 304 g/mol. The van der Waals surface area contributed by atoms with Gasteiger partial charge in [-0.05, 0) is 30.2 Å². The number of hydrogen-bond donors (Lipinski definition) is 3. The number of carboxylic acid groups (broad SMARTS) is 2. The first kappa shape index (κ1) is 15.6. The fraction of sp³-hybridized carbons (Fsp3) is 0.200. The molecule has 0 aromatic heterocycles. The molecule has 2 rings (SSSR count). The SMILES string of the molecule is CC1(C(=O)O)C=CC(c2ccc(F)cc2)=C(C(=O)O)C1N=N. The van der Waals surface area contributed by atoms with Gasteiger partial charge in [0.15, 0.2) is 0 Å². The summed E-state index contributed by atoms with van der Waals surface area (Å²) >= 11 is 0. The van der Waals surface area contributed by atoms with Crippen molar-refractivity contribution >= 4 is 17.5 Å². The molecule has 1 aliphatic carbocycles. The van der Waals surface area contributed by atoms with Crippen molar-refractivity contribution in [2.45, 2.75) is 13.0 Å². The van der Waals surface area contributed by atoms with E-state index in [0.29, 0.717) is 5.56 Å². The van der Waals surface area contributed by atoms with Crippen LogP contribution < -0.4 is 0 Å². The maximum absolute atomic E-state index is 13.0. The van der Waals surface area contributed by atoms with Crippen LogP contribution in [0, 0.1) is 16.8 Å². The largest absolute Gasteiger partial charge is 0.481 e. The second kappa shape index (κ2) is 5.51. The summed E-state index contributed by atoms with van der Waals surface area (Å²) in [6.07, 6.45) is 2.68. The zero-order valence-electron chi connectivity index (χ0n) is 11.6. The number of halogens is 1. The Balaban J connectivity index is 2.67. The number of rotatable bonds is 4. The van der Waals surface area contributed by atoms with Gasteiger partial charge in [0.25, 0.3) is 0 Å². The van der Waals surface area contributed by atoms with Crippen LogP contribution in [-0.2, 0) is 9.59 Å². The monoisotopic (exact) mass is 304 g/mol. The first-order valence-electron chi connectivity index (χ1n) is 6.34. The maximum atomic E-state index is 13.0. The van der Waals surface area contributed by atoms with Crippen LogP contribution in [0.5, 0.6) is 0 Å².